The van der Waals surface area contributed by atoms with E-state index in [1.807, 2.05) is 12.1 Å². The van der Waals surface area contributed by atoms with Crippen LogP contribution in [0.5, 0.6) is 5.75 Å². The molecule has 114 valence electrons. The van der Waals surface area contributed by atoms with E-state index in [4.69, 9.17) is 4.74 Å². The van der Waals surface area contributed by atoms with E-state index in [0.29, 0.717) is 18.9 Å². The Morgan fingerprint density at radius 3 is 2.45 bits per heavy atom. The maximum atomic E-state index is 11.6. The Labute approximate surface area is 122 Å². The van der Waals surface area contributed by atoms with Gasteiger partial charge >= 0.3 is 0 Å². The average Bonchev–Trinajstić information content (AvgIpc) is 2.38. The van der Waals surface area contributed by atoms with Crippen LogP contribution in [0.25, 0.3) is 0 Å². The van der Waals surface area contributed by atoms with Gasteiger partial charge in [-0.05, 0) is 29.5 Å². The third-order valence-corrected chi connectivity index (χ3v) is 4.67. The van der Waals surface area contributed by atoms with Crippen LogP contribution in [0.15, 0.2) is 18.2 Å². The molecule has 0 unspecified atom stereocenters. The van der Waals surface area contributed by atoms with E-state index >= 15 is 0 Å². The predicted octanol–water partition coefficient (Wildman–Crippen LogP) is 1.76. The number of hydrogen-bond donors (Lipinski definition) is 1. The van der Waals surface area contributed by atoms with Crippen LogP contribution >= 0.6 is 0 Å². The minimum absolute atomic E-state index is 0.345. The maximum Gasteiger partial charge on any atom is 0.278 e. The summed E-state index contributed by atoms with van der Waals surface area (Å²) in [5.41, 5.74) is 2.21. The second kappa shape index (κ2) is 7.06. The van der Waals surface area contributed by atoms with Crippen molar-refractivity contribution in [1.29, 1.82) is 0 Å². The fourth-order valence-corrected chi connectivity index (χ4v) is 2.39. The van der Waals surface area contributed by atoms with E-state index in [9.17, 15) is 8.42 Å². The quantitative estimate of drug-likeness (QED) is 0.834. The summed E-state index contributed by atoms with van der Waals surface area (Å²) in [5, 5.41) is 0. The van der Waals surface area contributed by atoms with Gasteiger partial charge in [-0.15, -0.1) is 0 Å². The molecule has 1 aromatic carbocycles. The number of nitrogens with one attached hydrogen (secondary N) is 1. The second-order valence-electron chi connectivity index (χ2n) is 5.16. The lowest BCUT2D eigenvalue weighted by Crippen LogP contribution is -2.36. The molecule has 0 atom stereocenters. The van der Waals surface area contributed by atoms with Gasteiger partial charge in [0.05, 0.1) is 7.11 Å². The lowest BCUT2D eigenvalue weighted by Gasteiger charge is -2.14. The highest BCUT2D eigenvalue weighted by Crippen LogP contribution is 2.24. The van der Waals surface area contributed by atoms with Gasteiger partial charge in [0.25, 0.3) is 10.2 Å². The predicted molar refractivity (Wildman–Crippen MR) is 81.4 cm³/mol. The summed E-state index contributed by atoms with van der Waals surface area (Å²) in [4.78, 5) is 0. The van der Waals surface area contributed by atoms with Crippen LogP contribution in [0.3, 0.4) is 0 Å². The van der Waals surface area contributed by atoms with Gasteiger partial charge in [0.1, 0.15) is 5.75 Å². The number of methoxy groups -OCH3 is 1. The molecular weight excluding hydrogens is 276 g/mol. The zero-order chi connectivity index (χ0) is 15.3. The Morgan fingerprint density at radius 2 is 1.95 bits per heavy atom. The van der Waals surface area contributed by atoms with Crippen molar-refractivity contribution in [1.82, 2.24) is 9.03 Å². The molecule has 0 heterocycles. The van der Waals surface area contributed by atoms with Gasteiger partial charge in [-0.1, -0.05) is 26.0 Å². The van der Waals surface area contributed by atoms with Crippen molar-refractivity contribution in [3.63, 3.8) is 0 Å². The largest absolute Gasteiger partial charge is 0.496 e. The highest BCUT2D eigenvalue weighted by Gasteiger charge is 2.13. The molecule has 1 rings (SSSR count). The molecule has 0 aromatic heterocycles. The third kappa shape index (κ3) is 4.47. The van der Waals surface area contributed by atoms with E-state index in [1.54, 1.807) is 7.11 Å². The third-order valence-electron chi connectivity index (χ3n) is 3.14. The number of benzene rings is 1. The summed E-state index contributed by atoms with van der Waals surface area (Å²) in [6.45, 7) is 4.59. The fourth-order valence-electron chi connectivity index (χ4n) is 1.77. The van der Waals surface area contributed by atoms with Gasteiger partial charge in [-0.2, -0.15) is 12.7 Å². The molecule has 0 saturated carbocycles. The maximum absolute atomic E-state index is 11.6. The van der Waals surface area contributed by atoms with E-state index in [-0.39, 0.29) is 0 Å². The zero-order valence-corrected chi connectivity index (χ0v) is 13.6. The standard InChI is InChI=1S/C14H24N2O3S/c1-11(2)13-7-6-12(14(10-13)19-5)8-9-15-20(17,18)16(3)4/h6-7,10-11,15H,8-9H2,1-5H3. The van der Waals surface area contributed by atoms with Gasteiger partial charge in [-0.3, -0.25) is 0 Å². The van der Waals surface area contributed by atoms with Crippen molar-refractivity contribution in [3.05, 3.63) is 29.3 Å². The molecule has 0 aliphatic carbocycles. The SMILES string of the molecule is COc1cc(C(C)C)ccc1CCNS(=O)(=O)N(C)C. The molecule has 0 aliphatic heterocycles. The summed E-state index contributed by atoms with van der Waals surface area (Å²) >= 11 is 0. The Bertz CT molecular complexity index is 539. The molecular formula is C14H24N2O3S. The van der Waals surface area contributed by atoms with E-state index in [1.165, 1.54) is 19.7 Å². The molecule has 0 fully saturated rings. The fraction of sp³-hybridized carbons (Fsp3) is 0.571. The van der Waals surface area contributed by atoms with Crippen molar-refractivity contribution in [2.75, 3.05) is 27.7 Å². The number of hydrogen-bond acceptors (Lipinski definition) is 3. The molecule has 1 aromatic rings. The Kier molecular flexibility index (Phi) is 5.98. The first-order valence-electron chi connectivity index (χ1n) is 6.62. The highest BCUT2D eigenvalue weighted by atomic mass is 32.2. The van der Waals surface area contributed by atoms with Crippen molar-refractivity contribution in [2.24, 2.45) is 0 Å². The first-order chi connectivity index (χ1) is 9.27. The first-order valence-corrected chi connectivity index (χ1v) is 8.06. The average molecular weight is 300 g/mol. The number of ether oxygens (including phenoxy) is 1. The summed E-state index contributed by atoms with van der Waals surface area (Å²) in [5.74, 6) is 1.24. The molecule has 20 heavy (non-hydrogen) atoms. The molecule has 0 saturated heterocycles. The van der Waals surface area contributed by atoms with Gasteiger partial charge in [0, 0.05) is 20.6 Å². The summed E-state index contributed by atoms with van der Waals surface area (Å²) in [7, 11) is 1.27. The minimum atomic E-state index is -3.37. The normalized spacial score (nSPS) is 12.2. The Morgan fingerprint density at radius 1 is 1.30 bits per heavy atom. The van der Waals surface area contributed by atoms with Gasteiger partial charge in [0.2, 0.25) is 0 Å². The molecule has 1 N–H and O–H groups in total. The van der Waals surface area contributed by atoms with Crippen molar-refractivity contribution in [2.45, 2.75) is 26.2 Å². The summed E-state index contributed by atoms with van der Waals surface area (Å²) in [6.07, 6.45) is 0.592. The van der Waals surface area contributed by atoms with Gasteiger partial charge in [-0.25, -0.2) is 4.72 Å². The van der Waals surface area contributed by atoms with Crippen LogP contribution in [0, 0.1) is 0 Å². The van der Waals surface area contributed by atoms with Crippen LogP contribution in [0.1, 0.15) is 30.9 Å². The summed E-state index contributed by atoms with van der Waals surface area (Å²) in [6, 6.07) is 6.07. The minimum Gasteiger partial charge on any atom is -0.496 e. The van der Waals surface area contributed by atoms with Crippen LogP contribution in [-0.4, -0.2) is 40.5 Å². The van der Waals surface area contributed by atoms with E-state index < -0.39 is 10.2 Å². The lowest BCUT2D eigenvalue weighted by molar-refractivity contribution is 0.408. The van der Waals surface area contributed by atoms with Crippen LogP contribution in [-0.2, 0) is 16.6 Å². The molecule has 0 amide bonds. The first kappa shape index (κ1) is 16.9. The number of nitrogens with zero attached hydrogens (tertiary/aromatic N) is 1. The molecule has 5 nitrogen and oxygen atoms in total. The van der Waals surface area contributed by atoms with Crippen molar-refractivity contribution < 1.29 is 13.2 Å². The molecule has 0 bridgehead atoms. The van der Waals surface area contributed by atoms with Crippen LogP contribution in [0.4, 0.5) is 0 Å². The van der Waals surface area contributed by atoms with Gasteiger partial charge < -0.3 is 4.74 Å². The molecule has 0 aliphatic rings. The van der Waals surface area contributed by atoms with Crippen LogP contribution in [0.2, 0.25) is 0 Å². The molecule has 0 spiro atoms. The topological polar surface area (TPSA) is 58.6 Å². The van der Waals surface area contributed by atoms with Crippen molar-refractivity contribution >= 4 is 10.2 Å². The molecule has 0 radical (unpaired) electrons. The number of rotatable bonds is 7. The van der Waals surface area contributed by atoms with E-state index in [2.05, 4.69) is 24.6 Å². The Hall–Kier alpha value is -1.11. The lowest BCUT2D eigenvalue weighted by atomic mass is 10.00. The smallest absolute Gasteiger partial charge is 0.278 e. The summed E-state index contributed by atoms with van der Waals surface area (Å²) < 4.78 is 32.3. The highest BCUT2D eigenvalue weighted by molar-refractivity contribution is 7.87. The zero-order valence-electron chi connectivity index (χ0n) is 12.8. The van der Waals surface area contributed by atoms with Gasteiger partial charge in [0.15, 0.2) is 0 Å². The van der Waals surface area contributed by atoms with E-state index in [0.717, 1.165) is 15.6 Å². The Balaban J connectivity index is 2.74. The van der Waals surface area contributed by atoms with Crippen molar-refractivity contribution in [3.8, 4) is 5.75 Å². The monoisotopic (exact) mass is 300 g/mol. The molecule has 6 heteroatoms. The van der Waals surface area contributed by atoms with Crippen LogP contribution < -0.4 is 9.46 Å². The second-order valence-corrected chi connectivity index (χ2v) is 7.13.